The van der Waals surface area contributed by atoms with Gasteiger partial charge in [-0.1, -0.05) is 0 Å². The third-order valence-corrected chi connectivity index (χ3v) is 1.92. The number of aromatic nitrogens is 3. The number of anilines is 2. The van der Waals surface area contributed by atoms with E-state index in [4.69, 9.17) is 23.8 Å². The monoisotopic (exact) mass is 260 g/mol. The molecule has 1 heterocycles. The van der Waals surface area contributed by atoms with Crippen LogP contribution in [0.2, 0.25) is 5.28 Å². The minimum Gasteiger partial charge on any atom is -0.363 e. The number of hydrogen-bond donors (Lipinski definition) is 3. The second kappa shape index (κ2) is 6.39. The SMILES string of the molecule is CCNC(=S)Nc1nc(Cl)nc(NCC)n1. The highest BCUT2D eigenvalue weighted by molar-refractivity contribution is 7.80. The van der Waals surface area contributed by atoms with E-state index < -0.39 is 0 Å². The van der Waals surface area contributed by atoms with Crippen molar-refractivity contribution in [2.75, 3.05) is 23.7 Å². The third-order valence-electron chi connectivity index (χ3n) is 1.51. The molecule has 88 valence electrons. The van der Waals surface area contributed by atoms with Gasteiger partial charge in [0.15, 0.2) is 5.11 Å². The van der Waals surface area contributed by atoms with Crippen molar-refractivity contribution < 1.29 is 0 Å². The molecule has 1 aromatic rings. The van der Waals surface area contributed by atoms with E-state index >= 15 is 0 Å². The maximum Gasteiger partial charge on any atom is 0.235 e. The van der Waals surface area contributed by atoms with E-state index in [-0.39, 0.29) is 5.28 Å². The molecule has 0 radical (unpaired) electrons. The maximum absolute atomic E-state index is 5.74. The summed E-state index contributed by atoms with van der Waals surface area (Å²) in [5.41, 5.74) is 0. The van der Waals surface area contributed by atoms with Gasteiger partial charge in [-0.15, -0.1) is 0 Å². The Hall–Kier alpha value is -1.21. The number of nitrogens with zero attached hydrogens (tertiary/aromatic N) is 3. The summed E-state index contributed by atoms with van der Waals surface area (Å²) in [5.74, 6) is 0.742. The Morgan fingerprint density at radius 3 is 2.50 bits per heavy atom. The molecule has 0 fully saturated rings. The smallest absolute Gasteiger partial charge is 0.235 e. The summed E-state index contributed by atoms with van der Waals surface area (Å²) in [6.45, 7) is 5.31. The van der Waals surface area contributed by atoms with Crippen LogP contribution < -0.4 is 16.0 Å². The third kappa shape index (κ3) is 4.11. The van der Waals surface area contributed by atoms with Crippen LogP contribution in [0, 0.1) is 0 Å². The Morgan fingerprint density at radius 1 is 1.19 bits per heavy atom. The number of hydrogen-bond acceptors (Lipinski definition) is 5. The minimum absolute atomic E-state index is 0.118. The van der Waals surface area contributed by atoms with Crippen molar-refractivity contribution in [2.24, 2.45) is 0 Å². The van der Waals surface area contributed by atoms with Crippen molar-refractivity contribution in [2.45, 2.75) is 13.8 Å². The predicted molar refractivity (Wildman–Crippen MR) is 68.9 cm³/mol. The Morgan fingerprint density at radius 2 is 1.88 bits per heavy atom. The summed E-state index contributed by atoms with van der Waals surface area (Å²) in [5, 5.41) is 9.25. The van der Waals surface area contributed by atoms with E-state index in [9.17, 15) is 0 Å². The number of halogens is 1. The van der Waals surface area contributed by atoms with Gasteiger partial charge in [-0.2, -0.15) is 15.0 Å². The van der Waals surface area contributed by atoms with Gasteiger partial charge in [0.25, 0.3) is 0 Å². The molecule has 1 rings (SSSR count). The highest BCUT2D eigenvalue weighted by Crippen LogP contribution is 2.08. The summed E-state index contributed by atoms with van der Waals surface area (Å²) in [4.78, 5) is 11.9. The Bertz CT molecular complexity index is 372. The Kier molecular flexibility index (Phi) is 5.13. The molecule has 0 spiro atoms. The summed E-state index contributed by atoms with van der Waals surface area (Å²) < 4.78 is 0. The first kappa shape index (κ1) is 12.9. The molecule has 16 heavy (non-hydrogen) atoms. The van der Waals surface area contributed by atoms with E-state index in [1.807, 2.05) is 13.8 Å². The molecule has 0 aromatic carbocycles. The summed E-state index contributed by atoms with van der Waals surface area (Å²) in [6.07, 6.45) is 0. The van der Waals surface area contributed by atoms with Crippen molar-refractivity contribution in [1.29, 1.82) is 0 Å². The Labute approximate surface area is 104 Å². The zero-order valence-electron chi connectivity index (χ0n) is 9.04. The molecular weight excluding hydrogens is 248 g/mol. The van der Waals surface area contributed by atoms with Crippen LogP contribution in [0.25, 0.3) is 0 Å². The van der Waals surface area contributed by atoms with E-state index in [0.29, 0.717) is 23.6 Å². The zero-order valence-corrected chi connectivity index (χ0v) is 10.6. The standard InChI is InChI=1S/C8H13ClN6S/c1-3-10-6-12-5(9)13-7(14-6)15-8(16)11-4-2/h3-4H2,1-2H3,(H3,10,11,12,13,14,15,16). The molecule has 0 saturated carbocycles. The summed E-state index contributed by atoms with van der Waals surface area (Å²) in [7, 11) is 0. The van der Waals surface area contributed by atoms with Crippen LogP contribution in [-0.4, -0.2) is 33.2 Å². The normalized spacial score (nSPS) is 9.69. The first-order chi connectivity index (χ1) is 7.65. The molecule has 0 amide bonds. The fourth-order valence-corrected chi connectivity index (χ4v) is 1.35. The van der Waals surface area contributed by atoms with Gasteiger partial charge in [-0.05, 0) is 37.7 Å². The molecule has 8 heteroatoms. The quantitative estimate of drug-likeness (QED) is 0.704. The van der Waals surface area contributed by atoms with Crippen LogP contribution in [0.1, 0.15) is 13.8 Å². The van der Waals surface area contributed by atoms with Gasteiger partial charge in [0.05, 0.1) is 0 Å². The second-order valence-corrected chi connectivity index (χ2v) is 3.51. The number of nitrogens with one attached hydrogen (secondary N) is 3. The van der Waals surface area contributed by atoms with Crippen LogP contribution in [0.3, 0.4) is 0 Å². The van der Waals surface area contributed by atoms with Gasteiger partial charge >= 0.3 is 0 Å². The molecule has 1 aromatic heterocycles. The first-order valence-electron chi connectivity index (χ1n) is 4.86. The van der Waals surface area contributed by atoms with Crippen LogP contribution in [0.4, 0.5) is 11.9 Å². The molecule has 3 N–H and O–H groups in total. The van der Waals surface area contributed by atoms with Gasteiger partial charge in [-0.3, -0.25) is 0 Å². The van der Waals surface area contributed by atoms with E-state index in [1.54, 1.807) is 0 Å². The van der Waals surface area contributed by atoms with E-state index in [0.717, 1.165) is 6.54 Å². The highest BCUT2D eigenvalue weighted by Gasteiger charge is 2.05. The van der Waals surface area contributed by atoms with Crippen LogP contribution >= 0.6 is 23.8 Å². The maximum atomic E-state index is 5.74. The number of thiocarbonyl (C=S) groups is 1. The van der Waals surface area contributed by atoms with E-state index in [1.165, 1.54) is 0 Å². The van der Waals surface area contributed by atoms with E-state index in [2.05, 4.69) is 30.9 Å². The molecule has 0 aliphatic carbocycles. The lowest BCUT2D eigenvalue weighted by atomic mass is 10.7. The first-order valence-corrected chi connectivity index (χ1v) is 5.64. The molecule has 6 nitrogen and oxygen atoms in total. The molecule has 0 saturated heterocycles. The molecule has 0 aliphatic rings. The zero-order chi connectivity index (χ0) is 12.0. The van der Waals surface area contributed by atoms with Crippen molar-refractivity contribution in [3.05, 3.63) is 5.28 Å². The average Bonchev–Trinajstić information content (AvgIpc) is 2.17. The van der Waals surface area contributed by atoms with Gasteiger partial charge in [0.1, 0.15) is 0 Å². The number of rotatable bonds is 4. The fraction of sp³-hybridized carbons (Fsp3) is 0.500. The fourth-order valence-electron chi connectivity index (χ4n) is 0.949. The summed E-state index contributed by atoms with van der Waals surface area (Å²) in [6, 6.07) is 0. The Balaban J connectivity index is 2.75. The van der Waals surface area contributed by atoms with Crippen LogP contribution in [0.15, 0.2) is 0 Å². The van der Waals surface area contributed by atoms with Gasteiger partial charge in [-0.25, -0.2) is 0 Å². The van der Waals surface area contributed by atoms with Crippen molar-refractivity contribution in [1.82, 2.24) is 20.3 Å². The van der Waals surface area contributed by atoms with Crippen LogP contribution in [-0.2, 0) is 0 Å². The second-order valence-electron chi connectivity index (χ2n) is 2.77. The predicted octanol–water partition coefficient (Wildman–Crippen LogP) is 1.26. The highest BCUT2D eigenvalue weighted by atomic mass is 35.5. The lowest BCUT2D eigenvalue weighted by Gasteiger charge is -2.08. The average molecular weight is 261 g/mol. The molecule has 0 aliphatic heterocycles. The minimum atomic E-state index is 0.118. The lowest BCUT2D eigenvalue weighted by Crippen LogP contribution is -2.29. The molecule has 0 atom stereocenters. The van der Waals surface area contributed by atoms with Crippen molar-refractivity contribution >= 4 is 40.8 Å². The largest absolute Gasteiger partial charge is 0.363 e. The summed E-state index contributed by atoms with van der Waals surface area (Å²) >= 11 is 10.7. The molecule has 0 unspecified atom stereocenters. The van der Waals surface area contributed by atoms with Crippen LogP contribution in [0.5, 0.6) is 0 Å². The van der Waals surface area contributed by atoms with Crippen molar-refractivity contribution in [3.63, 3.8) is 0 Å². The van der Waals surface area contributed by atoms with Crippen molar-refractivity contribution in [3.8, 4) is 0 Å². The molecular formula is C8H13ClN6S. The van der Waals surface area contributed by atoms with Gasteiger partial charge in [0, 0.05) is 13.1 Å². The topological polar surface area (TPSA) is 74.8 Å². The molecule has 0 bridgehead atoms. The van der Waals surface area contributed by atoms with Gasteiger partial charge < -0.3 is 16.0 Å². The van der Waals surface area contributed by atoms with Gasteiger partial charge in [0.2, 0.25) is 17.2 Å². The lowest BCUT2D eigenvalue weighted by molar-refractivity contribution is 0.970.